The van der Waals surface area contributed by atoms with Crippen LogP contribution in [0.1, 0.15) is 13.8 Å². The zero-order valence-electron chi connectivity index (χ0n) is 7.08. The van der Waals surface area contributed by atoms with E-state index in [1.165, 1.54) is 0 Å². The van der Waals surface area contributed by atoms with Gasteiger partial charge in [0.15, 0.2) is 0 Å². The van der Waals surface area contributed by atoms with E-state index in [2.05, 4.69) is 20.2 Å². The number of rotatable bonds is 6. The van der Waals surface area contributed by atoms with E-state index in [0.717, 1.165) is 0 Å². The predicted octanol–water partition coefficient (Wildman–Crippen LogP) is 2.62. The van der Waals surface area contributed by atoms with Gasteiger partial charge in [-0.05, 0) is 20.4 Å². The minimum absolute atomic E-state index is 0.116. The standard InChI is InChI=1S/C6H12FO4P/c1-4-9-12(8,10-5-2)11-6(3)7/h3-5H2,1-2H3. The molecule has 0 rings (SSSR count). The Morgan fingerprint density at radius 1 is 1.42 bits per heavy atom. The van der Waals surface area contributed by atoms with Crippen LogP contribution in [0.15, 0.2) is 12.6 Å². The molecule has 0 aromatic carbocycles. The first-order valence-corrected chi connectivity index (χ1v) is 4.93. The molecule has 0 heterocycles. The van der Waals surface area contributed by atoms with Crippen molar-refractivity contribution in [1.82, 2.24) is 0 Å². The van der Waals surface area contributed by atoms with Crippen molar-refractivity contribution >= 4 is 7.82 Å². The summed E-state index contributed by atoms with van der Waals surface area (Å²) < 4.78 is 36.7. The highest BCUT2D eigenvalue weighted by atomic mass is 31.2. The van der Waals surface area contributed by atoms with Crippen LogP contribution in [0.5, 0.6) is 0 Å². The molecule has 0 aliphatic carbocycles. The summed E-state index contributed by atoms with van der Waals surface area (Å²) in [5, 5.41) is 0. The van der Waals surface area contributed by atoms with Crippen LogP contribution in [0.3, 0.4) is 0 Å². The number of hydrogen-bond acceptors (Lipinski definition) is 4. The fraction of sp³-hybridized carbons (Fsp3) is 0.667. The van der Waals surface area contributed by atoms with Gasteiger partial charge in [-0.1, -0.05) is 0 Å². The van der Waals surface area contributed by atoms with Gasteiger partial charge in [-0.3, -0.25) is 9.05 Å². The lowest BCUT2D eigenvalue weighted by Crippen LogP contribution is -1.97. The summed E-state index contributed by atoms with van der Waals surface area (Å²) in [6, 6.07) is -1.18. The molecule has 0 aliphatic rings. The van der Waals surface area contributed by atoms with Crippen molar-refractivity contribution in [2.24, 2.45) is 0 Å². The van der Waals surface area contributed by atoms with Crippen LogP contribution in [0.25, 0.3) is 0 Å². The van der Waals surface area contributed by atoms with Gasteiger partial charge >= 0.3 is 7.82 Å². The van der Waals surface area contributed by atoms with Crippen molar-refractivity contribution in [2.45, 2.75) is 13.8 Å². The Balaban J connectivity index is 4.18. The molecule has 0 atom stereocenters. The highest BCUT2D eigenvalue weighted by Gasteiger charge is 2.27. The van der Waals surface area contributed by atoms with E-state index in [4.69, 9.17) is 0 Å². The summed E-state index contributed by atoms with van der Waals surface area (Å²) in [7, 11) is -3.75. The van der Waals surface area contributed by atoms with E-state index in [1.54, 1.807) is 13.8 Å². The largest absolute Gasteiger partial charge is 0.531 e. The van der Waals surface area contributed by atoms with Gasteiger partial charge < -0.3 is 4.52 Å². The predicted molar refractivity (Wildman–Crippen MR) is 42.2 cm³/mol. The number of phosphoric ester groups is 1. The zero-order valence-corrected chi connectivity index (χ0v) is 7.97. The Morgan fingerprint density at radius 2 is 1.83 bits per heavy atom. The first kappa shape index (κ1) is 11.6. The lowest BCUT2D eigenvalue weighted by Gasteiger charge is -2.14. The highest BCUT2D eigenvalue weighted by Crippen LogP contribution is 2.50. The van der Waals surface area contributed by atoms with E-state index < -0.39 is 13.8 Å². The van der Waals surface area contributed by atoms with Crippen molar-refractivity contribution in [3.63, 3.8) is 0 Å². The van der Waals surface area contributed by atoms with Gasteiger partial charge in [0.1, 0.15) is 0 Å². The molecule has 0 aliphatic heterocycles. The molecule has 6 heteroatoms. The maximum atomic E-state index is 12.1. The molecule has 12 heavy (non-hydrogen) atoms. The smallest absolute Gasteiger partial charge is 0.377 e. The molecular weight excluding hydrogens is 186 g/mol. The second-order valence-corrected chi connectivity index (χ2v) is 3.32. The molecule has 0 bridgehead atoms. The Labute approximate surface area is 70.9 Å². The van der Waals surface area contributed by atoms with E-state index >= 15 is 0 Å². The zero-order chi connectivity index (χ0) is 9.61. The van der Waals surface area contributed by atoms with Crippen LogP contribution in [-0.4, -0.2) is 13.2 Å². The van der Waals surface area contributed by atoms with Crippen molar-refractivity contribution in [2.75, 3.05) is 13.2 Å². The van der Waals surface area contributed by atoms with Gasteiger partial charge in [0, 0.05) is 0 Å². The van der Waals surface area contributed by atoms with Crippen molar-refractivity contribution in [3.8, 4) is 0 Å². The number of hydrogen-bond donors (Lipinski definition) is 0. The Kier molecular flexibility index (Phi) is 5.13. The van der Waals surface area contributed by atoms with Crippen LogP contribution in [-0.2, 0) is 18.1 Å². The minimum atomic E-state index is -3.75. The van der Waals surface area contributed by atoms with Crippen LogP contribution in [0.2, 0.25) is 0 Å². The molecule has 72 valence electrons. The molecule has 0 aromatic rings. The fourth-order valence-corrected chi connectivity index (χ4v) is 1.58. The molecular formula is C6H12FO4P. The first-order chi connectivity index (χ1) is 5.54. The highest BCUT2D eigenvalue weighted by molar-refractivity contribution is 7.48. The van der Waals surface area contributed by atoms with E-state index in [1.807, 2.05) is 0 Å². The second-order valence-electron chi connectivity index (χ2n) is 1.73. The van der Waals surface area contributed by atoms with Crippen LogP contribution in [0.4, 0.5) is 4.39 Å². The quantitative estimate of drug-likeness (QED) is 0.486. The summed E-state index contributed by atoms with van der Waals surface area (Å²) in [5.74, 6) is 0. The van der Waals surface area contributed by atoms with E-state index in [0.29, 0.717) is 0 Å². The summed E-state index contributed by atoms with van der Waals surface area (Å²) in [5.41, 5.74) is 0. The number of halogens is 1. The Bertz CT molecular complexity index is 184. The van der Waals surface area contributed by atoms with Crippen LogP contribution < -0.4 is 0 Å². The van der Waals surface area contributed by atoms with Gasteiger partial charge in [-0.15, -0.1) is 0 Å². The molecule has 0 saturated carbocycles. The molecule has 0 N–H and O–H groups in total. The van der Waals surface area contributed by atoms with E-state index in [-0.39, 0.29) is 13.2 Å². The average Bonchev–Trinajstić information content (AvgIpc) is 1.85. The minimum Gasteiger partial charge on any atom is -0.377 e. The average molecular weight is 198 g/mol. The maximum Gasteiger partial charge on any atom is 0.531 e. The van der Waals surface area contributed by atoms with Gasteiger partial charge in [0.2, 0.25) is 0 Å². The fourth-order valence-electron chi connectivity index (χ4n) is 0.528. The van der Waals surface area contributed by atoms with Gasteiger partial charge in [0.25, 0.3) is 6.01 Å². The monoisotopic (exact) mass is 198 g/mol. The molecule has 0 unspecified atom stereocenters. The van der Waals surface area contributed by atoms with Crippen LogP contribution in [0, 0.1) is 0 Å². The third-order valence-electron chi connectivity index (χ3n) is 0.785. The Hall–Kier alpha value is -0.380. The lowest BCUT2D eigenvalue weighted by atomic mass is 10.9. The molecule has 0 spiro atoms. The second kappa shape index (κ2) is 5.30. The summed E-state index contributed by atoms with van der Waals surface area (Å²) in [4.78, 5) is 0. The van der Waals surface area contributed by atoms with Crippen molar-refractivity contribution < 1.29 is 22.5 Å². The Morgan fingerprint density at radius 3 is 2.08 bits per heavy atom. The van der Waals surface area contributed by atoms with Crippen molar-refractivity contribution in [3.05, 3.63) is 12.6 Å². The molecule has 0 fully saturated rings. The normalized spacial score (nSPS) is 11.2. The topological polar surface area (TPSA) is 44.8 Å². The van der Waals surface area contributed by atoms with Gasteiger partial charge in [-0.25, -0.2) is 4.57 Å². The molecule has 0 aromatic heterocycles. The summed E-state index contributed by atoms with van der Waals surface area (Å²) in [6.45, 7) is 6.20. The third kappa shape index (κ3) is 4.49. The number of phosphoric acid groups is 1. The maximum absolute atomic E-state index is 12.1. The van der Waals surface area contributed by atoms with Gasteiger partial charge in [0.05, 0.1) is 13.2 Å². The molecule has 4 nitrogen and oxygen atoms in total. The lowest BCUT2D eigenvalue weighted by molar-refractivity contribution is 0.127. The van der Waals surface area contributed by atoms with E-state index in [9.17, 15) is 8.96 Å². The SMILES string of the molecule is C=C(F)OP(=O)(OCC)OCC. The summed E-state index contributed by atoms with van der Waals surface area (Å²) >= 11 is 0. The molecule has 0 saturated heterocycles. The van der Waals surface area contributed by atoms with Gasteiger partial charge in [-0.2, -0.15) is 4.39 Å². The van der Waals surface area contributed by atoms with Crippen molar-refractivity contribution in [1.29, 1.82) is 0 Å². The molecule has 0 radical (unpaired) electrons. The first-order valence-electron chi connectivity index (χ1n) is 3.47. The summed E-state index contributed by atoms with van der Waals surface area (Å²) in [6.07, 6.45) is 0. The van der Waals surface area contributed by atoms with Crippen LogP contribution >= 0.6 is 7.82 Å². The third-order valence-corrected chi connectivity index (χ3v) is 2.36. The molecule has 0 amide bonds.